The Kier molecular flexibility index (Phi) is 3.65. The van der Waals surface area contributed by atoms with Crippen molar-refractivity contribution in [3.05, 3.63) is 60.7 Å². The normalized spacial score (nSPS) is 14.4. The van der Waals surface area contributed by atoms with Gasteiger partial charge in [0.1, 0.15) is 0 Å². The number of nitrogens with zero attached hydrogens (tertiary/aromatic N) is 2. The quantitative estimate of drug-likeness (QED) is 0.788. The first-order chi connectivity index (χ1) is 11.7. The summed E-state index contributed by atoms with van der Waals surface area (Å²) in [5.74, 6) is 0.217. The van der Waals surface area contributed by atoms with Gasteiger partial charge in [-0.2, -0.15) is 0 Å². The van der Waals surface area contributed by atoms with Gasteiger partial charge >= 0.3 is 0 Å². The molecular weight excluding hydrogens is 298 g/mol. The molecule has 4 nitrogen and oxygen atoms in total. The molecule has 0 spiro atoms. The summed E-state index contributed by atoms with van der Waals surface area (Å²) >= 11 is 0. The van der Waals surface area contributed by atoms with E-state index in [-0.39, 0.29) is 5.91 Å². The zero-order valence-corrected chi connectivity index (χ0v) is 13.6. The molecule has 1 aliphatic heterocycles. The second kappa shape index (κ2) is 5.96. The van der Waals surface area contributed by atoms with E-state index >= 15 is 0 Å². The first kappa shape index (κ1) is 14.7. The van der Waals surface area contributed by atoms with Gasteiger partial charge in [-0.15, -0.1) is 0 Å². The molecule has 120 valence electrons. The number of H-pyrrole nitrogens is 1. The fraction of sp³-hybridized carbons (Fsp3) is 0.200. The lowest BCUT2D eigenvalue weighted by Gasteiger charge is -2.16. The minimum Gasteiger partial charge on any atom is -0.365 e. The summed E-state index contributed by atoms with van der Waals surface area (Å²) in [6, 6.07) is 12.4. The molecule has 0 saturated carbocycles. The molecule has 0 aliphatic carbocycles. The summed E-state index contributed by atoms with van der Waals surface area (Å²) in [6.07, 6.45) is 7.31. The average molecular weight is 317 g/mol. The third-order valence-electron chi connectivity index (χ3n) is 4.59. The van der Waals surface area contributed by atoms with Crippen LogP contribution in [0.2, 0.25) is 0 Å². The summed E-state index contributed by atoms with van der Waals surface area (Å²) in [6.45, 7) is 2.88. The van der Waals surface area contributed by atoms with Crippen molar-refractivity contribution in [2.75, 3.05) is 11.4 Å². The van der Waals surface area contributed by atoms with Gasteiger partial charge in [-0.3, -0.25) is 9.78 Å². The Labute approximate surface area is 141 Å². The number of aryl methyl sites for hydroxylation is 1. The maximum absolute atomic E-state index is 11.9. The highest BCUT2D eigenvalue weighted by Gasteiger charge is 2.21. The van der Waals surface area contributed by atoms with Gasteiger partial charge in [0.25, 0.3) is 0 Å². The average Bonchev–Trinajstić information content (AvgIpc) is 3.23. The Bertz CT molecular complexity index is 880. The van der Waals surface area contributed by atoms with Crippen molar-refractivity contribution in [1.29, 1.82) is 0 Å². The highest BCUT2D eigenvalue weighted by atomic mass is 16.2. The van der Waals surface area contributed by atoms with Crippen molar-refractivity contribution < 1.29 is 4.79 Å². The Morgan fingerprint density at radius 1 is 1.04 bits per heavy atom. The van der Waals surface area contributed by atoms with Crippen molar-refractivity contribution in [2.24, 2.45) is 0 Å². The number of rotatable bonds is 3. The molecule has 1 aliphatic rings. The van der Waals surface area contributed by atoms with Crippen LogP contribution in [0.15, 0.2) is 55.0 Å². The van der Waals surface area contributed by atoms with Crippen molar-refractivity contribution in [1.82, 2.24) is 9.97 Å². The van der Waals surface area contributed by atoms with Crippen molar-refractivity contribution >= 4 is 11.6 Å². The predicted octanol–water partition coefficient (Wildman–Crippen LogP) is 4.18. The van der Waals surface area contributed by atoms with E-state index in [4.69, 9.17) is 0 Å². The summed E-state index contributed by atoms with van der Waals surface area (Å²) < 4.78 is 0. The van der Waals surface area contributed by atoms with Gasteiger partial charge < -0.3 is 9.88 Å². The van der Waals surface area contributed by atoms with E-state index in [0.29, 0.717) is 6.42 Å². The molecule has 4 heteroatoms. The fourth-order valence-electron chi connectivity index (χ4n) is 3.27. The Morgan fingerprint density at radius 3 is 2.50 bits per heavy atom. The van der Waals surface area contributed by atoms with Gasteiger partial charge in [0.15, 0.2) is 0 Å². The lowest BCUT2D eigenvalue weighted by atomic mass is 10.0. The minimum atomic E-state index is 0.217. The first-order valence-corrected chi connectivity index (χ1v) is 8.22. The van der Waals surface area contributed by atoms with Crippen LogP contribution in [0.4, 0.5) is 5.69 Å². The van der Waals surface area contributed by atoms with Crippen LogP contribution in [-0.4, -0.2) is 22.4 Å². The molecule has 1 fully saturated rings. The van der Waals surface area contributed by atoms with Crippen LogP contribution in [0.5, 0.6) is 0 Å². The first-order valence-electron chi connectivity index (χ1n) is 8.22. The zero-order chi connectivity index (χ0) is 16.5. The van der Waals surface area contributed by atoms with Gasteiger partial charge in [-0.05, 0) is 43.2 Å². The van der Waals surface area contributed by atoms with E-state index in [1.165, 1.54) is 5.56 Å². The Morgan fingerprint density at radius 2 is 1.83 bits per heavy atom. The fourth-order valence-corrected chi connectivity index (χ4v) is 3.27. The van der Waals surface area contributed by atoms with Crippen LogP contribution in [0.1, 0.15) is 18.5 Å². The second-order valence-electron chi connectivity index (χ2n) is 6.17. The number of nitrogens with one attached hydrogen (secondary N) is 1. The monoisotopic (exact) mass is 317 g/mol. The molecule has 1 aromatic carbocycles. The molecule has 0 bridgehead atoms. The van der Waals surface area contributed by atoms with E-state index in [0.717, 1.165) is 41.0 Å². The molecule has 1 saturated heterocycles. The third-order valence-corrected chi connectivity index (χ3v) is 4.59. The molecule has 0 radical (unpaired) electrons. The van der Waals surface area contributed by atoms with Crippen molar-refractivity contribution in [3.63, 3.8) is 0 Å². The minimum absolute atomic E-state index is 0.217. The van der Waals surface area contributed by atoms with Crippen LogP contribution in [0.3, 0.4) is 0 Å². The van der Waals surface area contributed by atoms with E-state index in [1.807, 2.05) is 35.6 Å². The highest BCUT2D eigenvalue weighted by molar-refractivity contribution is 5.95. The number of aromatic nitrogens is 2. The number of pyridine rings is 1. The van der Waals surface area contributed by atoms with Crippen LogP contribution in [-0.2, 0) is 4.79 Å². The number of carbonyl (C=O) groups is 1. The molecular formula is C20H19N3O. The predicted molar refractivity (Wildman–Crippen MR) is 95.8 cm³/mol. The van der Waals surface area contributed by atoms with Crippen LogP contribution < -0.4 is 4.90 Å². The highest BCUT2D eigenvalue weighted by Crippen LogP contribution is 2.29. The lowest BCUT2D eigenvalue weighted by Crippen LogP contribution is -2.23. The number of carbonyl (C=O) groups excluding carboxylic acids is 1. The van der Waals surface area contributed by atoms with E-state index in [9.17, 15) is 4.79 Å². The van der Waals surface area contributed by atoms with Gasteiger partial charge in [0.2, 0.25) is 5.91 Å². The van der Waals surface area contributed by atoms with Crippen LogP contribution in [0.25, 0.3) is 22.3 Å². The Hall–Kier alpha value is -2.88. The molecule has 24 heavy (non-hydrogen) atoms. The Balaban J connectivity index is 1.64. The van der Waals surface area contributed by atoms with Gasteiger partial charge in [-0.25, -0.2) is 0 Å². The number of hydrogen-bond donors (Lipinski definition) is 1. The smallest absolute Gasteiger partial charge is 0.227 e. The van der Waals surface area contributed by atoms with Gasteiger partial charge in [-0.1, -0.05) is 12.1 Å². The number of anilines is 1. The molecule has 1 amide bonds. The summed E-state index contributed by atoms with van der Waals surface area (Å²) in [4.78, 5) is 21.3. The largest absolute Gasteiger partial charge is 0.365 e. The second-order valence-corrected chi connectivity index (χ2v) is 6.17. The maximum atomic E-state index is 11.9. The maximum Gasteiger partial charge on any atom is 0.227 e. The van der Waals surface area contributed by atoms with Crippen LogP contribution in [0, 0.1) is 6.92 Å². The summed E-state index contributed by atoms with van der Waals surface area (Å²) in [7, 11) is 0. The molecule has 0 atom stereocenters. The third kappa shape index (κ3) is 2.60. The number of amides is 1. The standard InChI is InChI=1S/C20H19N3O/c1-14-19(8-9-22-14)17-11-16(12-21-13-17)15-4-6-18(7-5-15)23-10-2-3-20(23)24/h4-9,11-13,22H,2-3,10H2,1H3. The number of benzene rings is 1. The van der Waals surface area contributed by atoms with Gasteiger partial charge in [0, 0.05) is 59.6 Å². The van der Waals surface area contributed by atoms with E-state index < -0.39 is 0 Å². The summed E-state index contributed by atoms with van der Waals surface area (Å²) in [5, 5.41) is 0. The molecule has 4 rings (SSSR count). The molecule has 0 unspecified atom stereocenters. The van der Waals surface area contributed by atoms with E-state index in [1.54, 1.807) is 0 Å². The van der Waals surface area contributed by atoms with Crippen LogP contribution >= 0.6 is 0 Å². The molecule has 3 aromatic rings. The molecule has 2 aromatic heterocycles. The zero-order valence-electron chi connectivity index (χ0n) is 13.6. The van der Waals surface area contributed by atoms with Crippen molar-refractivity contribution in [3.8, 4) is 22.3 Å². The number of hydrogen-bond acceptors (Lipinski definition) is 2. The lowest BCUT2D eigenvalue weighted by molar-refractivity contribution is -0.117. The number of aromatic amines is 1. The van der Waals surface area contributed by atoms with Crippen molar-refractivity contribution in [2.45, 2.75) is 19.8 Å². The van der Waals surface area contributed by atoms with E-state index in [2.05, 4.69) is 41.2 Å². The topological polar surface area (TPSA) is 49.0 Å². The molecule has 3 heterocycles. The molecule has 1 N–H and O–H groups in total. The summed E-state index contributed by atoms with van der Waals surface area (Å²) in [5.41, 5.74) is 6.57. The SMILES string of the molecule is Cc1[nH]ccc1-c1cncc(-c2ccc(N3CCCC3=O)cc2)c1. The van der Waals surface area contributed by atoms with Gasteiger partial charge in [0.05, 0.1) is 0 Å².